The molecule has 0 spiro atoms. The maximum Gasteiger partial charge on any atom is 0.261 e. The maximum atomic E-state index is 13.4. The third-order valence-electron chi connectivity index (χ3n) is 4.88. The highest BCUT2D eigenvalue weighted by Crippen LogP contribution is 2.27. The van der Waals surface area contributed by atoms with Crippen molar-refractivity contribution in [2.24, 2.45) is 0 Å². The van der Waals surface area contributed by atoms with E-state index in [-0.39, 0.29) is 18.9 Å². The maximum absolute atomic E-state index is 13.4. The molecule has 2 aromatic rings. The fourth-order valence-electron chi connectivity index (χ4n) is 3.06. The predicted octanol–water partition coefficient (Wildman–Crippen LogP) is 3.93. The number of imide groups is 1. The van der Waals surface area contributed by atoms with Gasteiger partial charge < -0.3 is 4.90 Å². The second-order valence-electron chi connectivity index (χ2n) is 6.56. The van der Waals surface area contributed by atoms with Gasteiger partial charge in [-0.2, -0.15) is 0 Å². The van der Waals surface area contributed by atoms with Crippen LogP contribution in [0.1, 0.15) is 45.7 Å². The second-order valence-corrected chi connectivity index (χ2v) is 7.47. The Morgan fingerprint density at radius 2 is 1.75 bits per heavy atom. The third kappa shape index (κ3) is 3.69. The van der Waals surface area contributed by atoms with Crippen LogP contribution >= 0.6 is 15.9 Å². The quantitative estimate of drug-likeness (QED) is 0.648. The van der Waals surface area contributed by atoms with Gasteiger partial charge in [0.1, 0.15) is 0 Å². The van der Waals surface area contributed by atoms with Crippen LogP contribution in [0.4, 0.5) is 8.78 Å². The largest absolute Gasteiger partial charge is 0.339 e. The van der Waals surface area contributed by atoms with Gasteiger partial charge in [-0.05, 0) is 42.8 Å². The number of nitrogens with zero attached hydrogens (tertiary/aromatic N) is 2. The molecule has 28 heavy (non-hydrogen) atoms. The molecule has 0 aromatic heterocycles. The molecule has 3 rings (SSSR count). The topological polar surface area (TPSA) is 57.7 Å². The van der Waals surface area contributed by atoms with Crippen molar-refractivity contribution in [3.8, 4) is 0 Å². The summed E-state index contributed by atoms with van der Waals surface area (Å²) in [4.78, 5) is 39.8. The van der Waals surface area contributed by atoms with E-state index in [0.717, 1.165) is 17.0 Å². The minimum atomic E-state index is -0.984. The average Bonchev–Trinajstić information content (AvgIpc) is 2.90. The molecule has 1 aliphatic heterocycles. The van der Waals surface area contributed by atoms with Gasteiger partial charge in [0.15, 0.2) is 11.6 Å². The number of carbonyl (C=O) groups is 3. The molecule has 0 fully saturated rings. The zero-order valence-electron chi connectivity index (χ0n) is 15.2. The normalized spacial score (nSPS) is 14.2. The number of rotatable bonds is 5. The van der Waals surface area contributed by atoms with Gasteiger partial charge in [-0.3, -0.25) is 19.3 Å². The zero-order valence-corrected chi connectivity index (χ0v) is 16.8. The molecule has 0 saturated carbocycles. The van der Waals surface area contributed by atoms with Gasteiger partial charge >= 0.3 is 0 Å². The molecule has 2 aromatic carbocycles. The van der Waals surface area contributed by atoms with Gasteiger partial charge in [-0.25, -0.2) is 8.78 Å². The van der Waals surface area contributed by atoms with Gasteiger partial charge in [0.2, 0.25) is 5.91 Å². The Hall–Kier alpha value is -2.61. The minimum absolute atomic E-state index is 0.0579. The van der Waals surface area contributed by atoms with Gasteiger partial charge in [0, 0.05) is 24.5 Å². The van der Waals surface area contributed by atoms with Crippen molar-refractivity contribution < 1.29 is 23.2 Å². The number of carbonyl (C=O) groups excluding carboxylic acids is 3. The zero-order chi connectivity index (χ0) is 20.6. The summed E-state index contributed by atoms with van der Waals surface area (Å²) in [5.74, 6) is -3.14. The highest BCUT2D eigenvalue weighted by molar-refractivity contribution is 9.10. The molecule has 3 amide bonds. The van der Waals surface area contributed by atoms with Crippen molar-refractivity contribution in [2.75, 3.05) is 13.6 Å². The minimum Gasteiger partial charge on any atom is -0.339 e. The average molecular weight is 451 g/mol. The Morgan fingerprint density at radius 3 is 2.43 bits per heavy atom. The highest BCUT2D eigenvalue weighted by atomic mass is 79.9. The number of hydrogen-bond donors (Lipinski definition) is 0. The van der Waals surface area contributed by atoms with Crippen LogP contribution in [0.2, 0.25) is 0 Å². The Bertz CT molecular complexity index is 980. The van der Waals surface area contributed by atoms with Crippen LogP contribution < -0.4 is 0 Å². The molecule has 0 bridgehead atoms. The lowest BCUT2D eigenvalue weighted by Gasteiger charge is -2.26. The van der Waals surface area contributed by atoms with E-state index in [1.165, 1.54) is 18.0 Å². The molecular formula is C20H17BrF2N2O3. The lowest BCUT2D eigenvalue weighted by molar-refractivity contribution is -0.131. The Labute approximate surface area is 169 Å². The van der Waals surface area contributed by atoms with E-state index in [1.54, 1.807) is 25.1 Å². The van der Waals surface area contributed by atoms with E-state index in [4.69, 9.17) is 0 Å². The van der Waals surface area contributed by atoms with Crippen LogP contribution in [-0.4, -0.2) is 41.1 Å². The number of benzene rings is 2. The van der Waals surface area contributed by atoms with Gasteiger partial charge in [0.25, 0.3) is 11.8 Å². The van der Waals surface area contributed by atoms with Crippen LogP contribution in [0.5, 0.6) is 0 Å². The first-order valence-electron chi connectivity index (χ1n) is 8.57. The summed E-state index contributed by atoms with van der Waals surface area (Å²) in [5, 5.41) is 0. The Morgan fingerprint density at radius 1 is 1.07 bits per heavy atom. The highest BCUT2D eigenvalue weighted by Gasteiger charge is 2.35. The SMILES string of the molecule is CC(c1ccc(F)c(F)c1)N(C)C(=O)CCN1C(=O)c2ccc(Br)cc2C1=O. The van der Waals surface area contributed by atoms with Gasteiger partial charge in [-0.1, -0.05) is 22.0 Å². The van der Waals surface area contributed by atoms with E-state index in [9.17, 15) is 23.2 Å². The summed E-state index contributed by atoms with van der Waals surface area (Å²) in [5.41, 5.74) is 1.06. The van der Waals surface area contributed by atoms with Crippen molar-refractivity contribution in [1.82, 2.24) is 9.80 Å². The molecule has 0 saturated heterocycles. The summed E-state index contributed by atoms with van der Waals surface area (Å²) < 4.78 is 27.2. The summed E-state index contributed by atoms with van der Waals surface area (Å²) >= 11 is 3.27. The number of fused-ring (bicyclic) bond motifs is 1. The molecule has 146 valence electrons. The van der Waals surface area contributed by atoms with Crippen LogP contribution in [0.3, 0.4) is 0 Å². The van der Waals surface area contributed by atoms with Crippen molar-refractivity contribution in [3.63, 3.8) is 0 Å². The van der Waals surface area contributed by atoms with Crippen molar-refractivity contribution in [2.45, 2.75) is 19.4 Å². The lowest BCUT2D eigenvalue weighted by Crippen LogP contribution is -2.36. The number of hydrogen-bond acceptors (Lipinski definition) is 3. The molecule has 0 aliphatic carbocycles. The van der Waals surface area contributed by atoms with Crippen LogP contribution in [0.25, 0.3) is 0 Å². The molecule has 1 atom stereocenters. The predicted molar refractivity (Wildman–Crippen MR) is 102 cm³/mol. The van der Waals surface area contributed by atoms with E-state index in [1.807, 2.05) is 0 Å². The molecule has 0 radical (unpaired) electrons. The molecule has 0 N–H and O–H groups in total. The summed E-state index contributed by atoms with van der Waals surface area (Å²) in [6.07, 6.45) is -0.0723. The first-order chi connectivity index (χ1) is 13.2. The van der Waals surface area contributed by atoms with E-state index in [0.29, 0.717) is 21.2 Å². The monoisotopic (exact) mass is 450 g/mol. The van der Waals surface area contributed by atoms with Crippen LogP contribution in [0, 0.1) is 11.6 Å². The fourth-order valence-corrected chi connectivity index (χ4v) is 3.42. The second kappa shape index (κ2) is 7.79. The van der Waals surface area contributed by atoms with Gasteiger partial charge in [-0.15, -0.1) is 0 Å². The number of halogens is 3. The first kappa shape index (κ1) is 20.1. The lowest BCUT2D eigenvalue weighted by atomic mass is 10.1. The molecule has 1 aliphatic rings. The third-order valence-corrected chi connectivity index (χ3v) is 5.38. The molecule has 1 heterocycles. The molecular weight excluding hydrogens is 434 g/mol. The van der Waals surface area contributed by atoms with E-state index in [2.05, 4.69) is 15.9 Å². The van der Waals surface area contributed by atoms with Crippen molar-refractivity contribution >= 4 is 33.7 Å². The van der Waals surface area contributed by atoms with Crippen molar-refractivity contribution in [1.29, 1.82) is 0 Å². The number of amides is 3. The molecule has 8 heteroatoms. The molecule has 5 nitrogen and oxygen atoms in total. The smallest absolute Gasteiger partial charge is 0.261 e. The van der Waals surface area contributed by atoms with E-state index >= 15 is 0 Å². The van der Waals surface area contributed by atoms with Crippen LogP contribution in [-0.2, 0) is 4.79 Å². The molecule has 1 unspecified atom stereocenters. The van der Waals surface area contributed by atoms with Crippen LogP contribution in [0.15, 0.2) is 40.9 Å². The summed E-state index contributed by atoms with van der Waals surface area (Å²) in [6.45, 7) is 1.63. The Kier molecular flexibility index (Phi) is 5.60. The van der Waals surface area contributed by atoms with Gasteiger partial charge in [0.05, 0.1) is 17.2 Å². The van der Waals surface area contributed by atoms with Crippen molar-refractivity contribution in [3.05, 3.63) is 69.2 Å². The first-order valence-corrected chi connectivity index (χ1v) is 9.36. The van der Waals surface area contributed by atoms with E-state index < -0.39 is 29.5 Å². The Balaban J connectivity index is 1.66. The fraction of sp³-hybridized carbons (Fsp3) is 0.250. The standard InChI is InChI=1S/C20H17BrF2N2O3/c1-11(12-3-6-16(22)17(23)9-12)24(2)18(26)7-8-25-19(27)14-5-4-13(21)10-15(14)20(25)28/h3-6,9-11H,7-8H2,1-2H3. The summed E-state index contributed by atoms with van der Waals surface area (Å²) in [6, 6.07) is 7.79. The summed E-state index contributed by atoms with van der Waals surface area (Å²) in [7, 11) is 1.54.